The average molecular weight is 361 g/mol. The van der Waals surface area contributed by atoms with Crippen molar-refractivity contribution >= 4 is 29.1 Å². The zero-order valence-corrected chi connectivity index (χ0v) is 14.4. The second-order valence-corrected chi connectivity index (χ2v) is 5.89. The third-order valence-electron chi connectivity index (χ3n) is 3.61. The van der Waals surface area contributed by atoms with Crippen LogP contribution in [-0.4, -0.2) is 25.2 Å². The fourth-order valence-electron chi connectivity index (χ4n) is 2.38. The summed E-state index contributed by atoms with van der Waals surface area (Å²) in [5.41, 5.74) is 1.34. The van der Waals surface area contributed by atoms with Crippen LogP contribution < -0.4 is 20.1 Å². The lowest BCUT2D eigenvalue weighted by molar-refractivity contribution is 0.0952. The van der Waals surface area contributed by atoms with Crippen LogP contribution in [0.5, 0.6) is 11.5 Å². The largest absolute Gasteiger partial charge is 0.454 e. The zero-order chi connectivity index (χ0) is 17.8. The maximum Gasteiger partial charge on any atom is 0.255 e. The van der Waals surface area contributed by atoms with Gasteiger partial charge in [0.2, 0.25) is 6.79 Å². The maximum atomic E-state index is 12.5. The number of rotatable bonds is 5. The molecule has 0 radical (unpaired) electrons. The molecule has 1 heterocycles. The van der Waals surface area contributed by atoms with Crippen LogP contribution in [0.3, 0.4) is 0 Å². The normalized spacial score (nSPS) is 11.9. The van der Waals surface area contributed by atoms with Gasteiger partial charge in [-0.2, -0.15) is 0 Å². The lowest BCUT2D eigenvalue weighted by Gasteiger charge is -2.09. The van der Waals surface area contributed by atoms with Gasteiger partial charge in [0.25, 0.3) is 11.8 Å². The lowest BCUT2D eigenvalue weighted by atomic mass is 10.1. The van der Waals surface area contributed by atoms with Crippen LogP contribution in [0.25, 0.3) is 0 Å². The van der Waals surface area contributed by atoms with Crippen LogP contribution in [0, 0.1) is 0 Å². The molecule has 2 aromatic rings. The van der Waals surface area contributed by atoms with Gasteiger partial charge >= 0.3 is 0 Å². The Morgan fingerprint density at radius 1 is 1.12 bits per heavy atom. The Balaban J connectivity index is 1.75. The van der Waals surface area contributed by atoms with Crippen molar-refractivity contribution in [1.29, 1.82) is 0 Å². The minimum Gasteiger partial charge on any atom is -0.454 e. The van der Waals surface area contributed by atoms with Crippen molar-refractivity contribution in [2.75, 3.05) is 18.7 Å². The summed E-state index contributed by atoms with van der Waals surface area (Å²) < 4.78 is 10.5. The van der Waals surface area contributed by atoms with Crippen molar-refractivity contribution in [3.63, 3.8) is 0 Å². The molecular formula is C18H17ClN2O4. The van der Waals surface area contributed by atoms with Gasteiger partial charge < -0.3 is 20.1 Å². The van der Waals surface area contributed by atoms with Crippen LogP contribution >= 0.6 is 11.6 Å². The molecule has 2 amide bonds. The highest BCUT2D eigenvalue weighted by Gasteiger charge is 2.20. The first-order valence-corrected chi connectivity index (χ1v) is 8.25. The molecule has 0 saturated heterocycles. The number of benzene rings is 2. The molecule has 0 atom stereocenters. The second kappa shape index (κ2) is 7.44. The number of halogens is 1. The van der Waals surface area contributed by atoms with E-state index < -0.39 is 0 Å². The van der Waals surface area contributed by atoms with E-state index in [2.05, 4.69) is 10.6 Å². The predicted molar refractivity (Wildman–Crippen MR) is 94.6 cm³/mol. The van der Waals surface area contributed by atoms with Gasteiger partial charge in [-0.15, -0.1) is 0 Å². The first kappa shape index (κ1) is 17.1. The van der Waals surface area contributed by atoms with Gasteiger partial charge in [0.1, 0.15) is 0 Å². The van der Waals surface area contributed by atoms with Crippen LogP contribution in [0.1, 0.15) is 34.1 Å². The highest BCUT2D eigenvalue weighted by Crippen LogP contribution is 2.39. The van der Waals surface area contributed by atoms with Crippen LogP contribution in [0.4, 0.5) is 5.69 Å². The summed E-state index contributed by atoms with van der Waals surface area (Å²) in [7, 11) is 0. The number of carbonyl (C=O) groups excluding carboxylic acids is 2. The average Bonchev–Trinajstić information content (AvgIpc) is 3.09. The predicted octanol–water partition coefficient (Wildman–Crippen LogP) is 3.46. The van der Waals surface area contributed by atoms with E-state index in [0.717, 1.165) is 6.42 Å². The molecule has 6 nitrogen and oxygen atoms in total. The van der Waals surface area contributed by atoms with E-state index in [9.17, 15) is 9.59 Å². The van der Waals surface area contributed by atoms with Gasteiger partial charge in [0.15, 0.2) is 11.5 Å². The zero-order valence-electron chi connectivity index (χ0n) is 13.6. The fraction of sp³-hybridized carbons (Fsp3) is 0.222. The summed E-state index contributed by atoms with van der Waals surface area (Å²) in [4.78, 5) is 24.5. The third kappa shape index (κ3) is 3.85. The highest BCUT2D eigenvalue weighted by atomic mass is 35.5. The van der Waals surface area contributed by atoms with Gasteiger partial charge in [-0.05, 0) is 36.8 Å². The van der Waals surface area contributed by atoms with E-state index in [1.807, 2.05) is 6.92 Å². The number of amides is 2. The Hall–Kier alpha value is -2.73. The molecule has 3 rings (SSSR count). The van der Waals surface area contributed by atoms with E-state index in [1.54, 1.807) is 30.3 Å². The Morgan fingerprint density at radius 3 is 2.76 bits per heavy atom. The topological polar surface area (TPSA) is 76.7 Å². The minimum atomic E-state index is -0.355. The molecule has 2 aromatic carbocycles. The summed E-state index contributed by atoms with van der Waals surface area (Å²) in [6.45, 7) is 2.66. The SMILES string of the molecule is CCCNC(=O)c1cccc(NC(=O)c2cc(Cl)c3c(c2)OCO3)c1. The molecule has 0 aromatic heterocycles. The summed E-state index contributed by atoms with van der Waals surface area (Å²) in [5.74, 6) is 0.341. The molecular weight excluding hydrogens is 344 g/mol. The monoisotopic (exact) mass is 360 g/mol. The van der Waals surface area contributed by atoms with Gasteiger partial charge in [-0.1, -0.05) is 24.6 Å². The van der Waals surface area contributed by atoms with Crippen molar-refractivity contribution in [1.82, 2.24) is 5.32 Å². The van der Waals surface area contributed by atoms with E-state index in [-0.39, 0.29) is 18.6 Å². The van der Waals surface area contributed by atoms with Crippen LogP contribution in [0.2, 0.25) is 5.02 Å². The Bertz CT molecular complexity index is 823. The molecule has 0 spiro atoms. The number of anilines is 1. The summed E-state index contributed by atoms with van der Waals surface area (Å²) in [6, 6.07) is 9.82. The number of hydrogen-bond acceptors (Lipinski definition) is 4. The molecule has 0 bridgehead atoms. The smallest absolute Gasteiger partial charge is 0.255 e. The summed E-state index contributed by atoms with van der Waals surface area (Å²) in [5, 5.41) is 5.86. The van der Waals surface area contributed by atoms with Crippen molar-refractivity contribution in [3.05, 3.63) is 52.5 Å². The molecule has 2 N–H and O–H groups in total. The molecule has 0 unspecified atom stereocenters. The quantitative estimate of drug-likeness (QED) is 0.856. The third-order valence-corrected chi connectivity index (χ3v) is 3.89. The summed E-state index contributed by atoms with van der Waals surface area (Å²) in [6.07, 6.45) is 0.854. The van der Waals surface area contributed by atoms with E-state index in [0.29, 0.717) is 39.9 Å². The first-order valence-electron chi connectivity index (χ1n) is 7.87. The van der Waals surface area contributed by atoms with Crippen molar-refractivity contribution < 1.29 is 19.1 Å². The summed E-state index contributed by atoms with van der Waals surface area (Å²) >= 11 is 6.10. The lowest BCUT2D eigenvalue weighted by Crippen LogP contribution is -2.24. The first-order chi connectivity index (χ1) is 12.1. The van der Waals surface area contributed by atoms with E-state index in [4.69, 9.17) is 21.1 Å². The van der Waals surface area contributed by atoms with Crippen molar-refractivity contribution in [2.24, 2.45) is 0 Å². The maximum absolute atomic E-state index is 12.5. The van der Waals surface area contributed by atoms with Crippen LogP contribution in [0.15, 0.2) is 36.4 Å². The molecule has 1 aliphatic rings. The Morgan fingerprint density at radius 2 is 1.96 bits per heavy atom. The molecule has 130 valence electrons. The highest BCUT2D eigenvalue weighted by molar-refractivity contribution is 6.32. The van der Waals surface area contributed by atoms with Gasteiger partial charge in [-0.25, -0.2) is 0 Å². The molecule has 1 aliphatic heterocycles. The Labute approximate surface area is 150 Å². The van der Waals surface area contributed by atoms with Gasteiger partial charge in [0, 0.05) is 23.4 Å². The van der Waals surface area contributed by atoms with Gasteiger partial charge in [0.05, 0.1) is 5.02 Å². The minimum absolute atomic E-state index is 0.0784. The Kier molecular flexibility index (Phi) is 5.09. The molecule has 0 saturated carbocycles. The van der Waals surface area contributed by atoms with Crippen molar-refractivity contribution in [2.45, 2.75) is 13.3 Å². The van der Waals surface area contributed by atoms with Gasteiger partial charge in [-0.3, -0.25) is 9.59 Å². The van der Waals surface area contributed by atoms with Crippen molar-refractivity contribution in [3.8, 4) is 11.5 Å². The molecule has 7 heteroatoms. The second-order valence-electron chi connectivity index (χ2n) is 5.48. The standard InChI is InChI=1S/C18H17ClN2O4/c1-2-6-20-17(22)11-4-3-5-13(7-11)21-18(23)12-8-14(19)16-15(9-12)24-10-25-16/h3-5,7-9H,2,6,10H2,1H3,(H,20,22)(H,21,23). The number of carbonyl (C=O) groups is 2. The fourth-order valence-corrected chi connectivity index (χ4v) is 2.65. The van der Waals surface area contributed by atoms with Crippen LogP contribution in [-0.2, 0) is 0 Å². The van der Waals surface area contributed by atoms with E-state index in [1.165, 1.54) is 6.07 Å². The molecule has 25 heavy (non-hydrogen) atoms. The molecule has 0 fully saturated rings. The number of ether oxygens (including phenoxy) is 2. The number of hydrogen-bond donors (Lipinski definition) is 2. The molecule has 0 aliphatic carbocycles. The van der Waals surface area contributed by atoms with E-state index >= 15 is 0 Å². The number of nitrogens with one attached hydrogen (secondary N) is 2. The number of fused-ring (bicyclic) bond motifs is 1.